The van der Waals surface area contributed by atoms with Crippen LogP contribution in [0.15, 0.2) is 18.2 Å². The second-order valence-electron chi connectivity index (χ2n) is 5.94. The second-order valence-corrected chi connectivity index (χ2v) is 6.37. The van der Waals surface area contributed by atoms with Crippen molar-refractivity contribution in [1.82, 2.24) is 9.78 Å². The fourth-order valence-electron chi connectivity index (χ4n) is 3.09. The molecule has 0 unspecified atom stereocenters. The van der Waals surface area contributed by atoms with Crippen molar-refractivity contribution in [2.75, 3.05) is 5.32 Å². The van der Waals surface area contributed by atoms with Gasteiger partial charge < -0.3 is 5.32 Å². The maximum Gasteiger partial charge on any atom is 0.435 e. The largest absolute Gasteiger partial charge is 0.435 e. The number of aromatic nitrogens is 2. The summed E-state index contributed by atoms with van der Waals surface area (Å²) in [6.45, 7) is 0. The van der Waals surface area contributed by atoms with Crippen LogP contribution in [0.25, 0.3) is 5.69 Å². The van der Waals surface area contributed by atoms with E-state index in [-0.39, 0.29) is 23.4 Å². The molecule has 0 saturated heterocycles. The monoisotopic (exact) mass is 382 g/mol. The van der Waals surface area contributed by atoms with E-state index < -0.39 is 17.8 Å². The molecule has 0 radical (unpaired) electrons. The summed E-state index contributed by atoms with van der Waals surface area (Å²) in [5.41, 5.74) is 0.294. The van der Waals surface area contributed by atoms with Gasteiger partial charge in [-0.25, -0.2) is 4.68 Å². The third-order valence-electron chi connectivity index (χ3n) is 4.15. The third kappa shape index (κ3) is 3.53. The van der Waals surface area contributed by atoms with Crippen molar-refractivity contribution < 1.29 is 18.0 Å². The molecular formula is C17H14ClF3N4O. The molecule has 1 N–H and O–H groups in total. The van der Waals surface area contributed by atoms with E-state index in [2.05, 4.69) is 10.4 Å². The van der Waals surface area contributed by atoms with Crippen LogP contribution in [-0.2, 0) is 23.8 Å². The molecule has 1 amide bonds. The number of amides is 1. The van der Waals surface area contributed by atoms with Crippen molar-refractivity contribution in [2.24, 2.45) is 0 Å². The molecule has 9 heteroatoms. The maximum atomic E-state index is 13.4. The molecule has 0 aliphatic heterocycles. The van der Waals surface area contributed by atoms with Gasteiger partial charge in [-0.15, -0.1) is 0 Å². The first-order chi connectivity index (χ1) is 12.3. The predicted octanol–water partition coefficient (Wildman–Crippen LogP) is 4.28. The molecular weight excluding hydrogens is 369 g/mol. The smallest absolute Gasteiger partial charge is 0.323 e. The van der Waals surface area contributed by atoms with Gasteiger partial charge in [0.25, 0.3) is 0 Å². The molecule has 1 aliphatic rings. The van der Waals surface area contributed by atoms with Gasteiger partial charge in [0.05, 0.1) is 17.4 Å². The second kappa shape index (κ2) is 7.00. The molecule has 1 aliphatic carbocycles. The maximum absolute atomic E-state index is 13.4. The predicted molar refractivity (Wildman–Crippen MR) is 89.1 cm³/mol. The number of hydrogen-bond acceptors (Lipinski definition) is 3. The highest BCUT2D eigenvalue weighted by Crippen LogP contribution is 2.38. The lowest BCUT2D eigenvalue weighted by atomic mass is 9.95. The summed E-state index contributed by atoms with van der Waals surface area (Å²) < 4.78 is 41.4. The molecule has 2 aromatic rings. The molecule has 0 spiro atoms. The highest BCUT2D eigenvalue weighted by atomic mass is 35.5. The lowest BCUT2D eigenvalue weighted by molar-refractivity contribution is -0.142. The summed E-state index contributed by atoms with van der Waals surface area (Å²) in [6, 6.07) is 6.17. The molecule has 0 saturated carbocycles. The normalized spacial score (nSPS) is 13.8. The van der Waals surface area contributed by atoms with Crippen molar-refractivity contribution in [3.8, 4) is 11.8 Å². The number of halogens is 4. The number of nitrogens with one attached hydrogen (secondary N) is 1. The zero-order chi connectivity index (χ0) is 18.9. The summed E-state index contributed by atoms with van der Waals surface area (Å²) in [5.74, 6) is -0.576. The molecule has 1 aromatic carbocycles. The van der Waals surface area contributed by atoms with E-state index in [1.807, 2.05) is 0 Å². The molecule has 1 heterocycles. The van der Waals surface area contributed by atoms with Gasteiger partial charge >= 0.3 is 6.18 Å². The van der Waals surface area contributed by atoms with Crippen LogP contribution in [0.5, 0.6) is 0 Å². The molecule has 136 valence electrons. The van der Waals surface area contributed by atoms with Crippen molar-refractivity contribution in [3.63, 3.8) is 0 Å². The Morgan fingerprint density at radius 2 is 2.08 bits per heavy atom. The highest BCUT2D eigenvalue weighted by Gasteiger charge is 2.40. The Labute approximate surface area is 152 Å². The van der Waals surface area contributed by atoms with Crippen LogP contribution >= 0.6 is 11.6 Å². The van der Waals surface area contributed by atoms with Crippen LogP contribution in [0.1, 0.15) is 36.2 Å². The van der Waals surface area contributed by atoms with Gasteiger partial charge in [-0.1, -0.05) is 11.6 Å². The Kier molecular flexibility index (Phi) is 4.92. The number of fused-ring (bicyclic) bond motifs is 1. The number of benzene rings is 1. The van der Waals surface area contributed by atoms with E-state index in [0.717, 1.165) is 6.42 Å². The first-order valence-electron chi connectivity index (χ1n) is 7.96. The minimum Gasteiger partial charge on any atom is -0.323 e. The zero-order valence-corrected chi connectivity index (χ0v) is 14.3. The number of alkyl halides is 3. The highest BCUT2D eigenvalue weighted by molar-refractivity contribution is 6.31. The Morgan fingerprint density at radius 1 is 1.35 bits per heavy atom. The lowest BCUT2D eigenvalue weighted by Gasteiger charge is -2.17. The van der Waals surface area contributed by atoms with Crippen molar-refractivity contribution in [2.45, 2.75) is 38.3 Å². The van der Waals surface area contributed by atoms with E-state index in [0.29, 0.717) is 30.0 Å². The summed E-state index contributed by atoms with van der Waals surface area (Å²) in [4.78, 5) is 11.8. The zero-order valence-electron chi connectivity index (χ0n) is 13.5. The number of hydrogen-bond donors (Lipinski definition) is 1. The van der Waals surface area contributed by atoms with Gasteiger partial charge in [0.1, 0.15) is 6.42 Å². The number of carbonyl (C=O) groups is 1. The molecule has 0 atom stereocenters. The van der Waals surface area contributed by atoms with Gasteiger partial charge in [0.15, 0.2) is 5.69 Å². The quantitative estimate of drug-likeness (QED) is 0.861. The van der Waals surface area contributed by atoms with Crippen LogP contribution in [0, 0.1) is 11.3 Å². The standard InChI is InChI=1S/C17H14ClF3N4O/c18-10-5-6-14(12(9-10)23-15(26)7-8-22)25-13-4-2-1-3-11(13)16(24-25)17(19,20)21/h5-6,9H,1-4,7H2,(H,23,26). The average Bonchev–Trinajstić information content (AvgIpc) is 2.95. The summed E-state index contributed by atoms with van der Waals surface area (Å²) in [7, 11) is 0. The van der Waals surface area contributed by atoms with Gasteiger partial charge in [-0.05, 0) is 43.9 Å². The summed E-state index contributed by atoms with van der Waals surface area (Å²) in [5, 5.41) is 15.3. The molecule has 0 bridgehead atoms. The minimum atomic E-state index is -4.55. The molecule has 26 heavy (non-hydrogen) atoms. The number of nitrogens with zero attached hydrogens (tertiary/aromatic N) is 3. The van der Waals surface area contributed by atoms with Crippen molar-refractivity contribution >= 4 is 23.2 Å². The van der Waals surface area contributed by atoms with E-state index in [1.165, 1.54) is 22.9 Å². The molecule has 3 rings (SSSR count). The Morgan fingerprint density at radius 3 is 2.77 bits per heavy atom. The average molecular weight is 383 g/mol. The first kappa shape index (κ1) is 18.3. The van der Waals surface area contributed by atoms with Crippen molar-refractivity contribution in [1.29, 1.82) is 5.26 Å². The summed E-state index contributed by atoms with van der Waals surface area (Å²) in [6.07, 6.45) is -2.71. The van der Waals surface area contributed by atoms with Crippen LogP contribution in [-0.4, -0.2) is 15.7 Å². The van der Waals surface area contributed by atoms with E-state index >= 15 is 0 Å². The van der Waals surface area contributed by atoms with Crippen LogP contribution in [0.4, 0.5) is 18.9 Å². The number of anilines is 1. The number of carbonyl (C=O) groups excluding carboxylic acids is 1. The van der Waals surface area contributed by atoms with E-state index in [9.17, 15) is 18.0 Å². The number of rotatable bonds is 3. The van der Waals surface area contributed by atoms with E-state index in [4.69, 9.17) is 16.9 Å². The minimum absolute atomic E-state index is 0.202. The molecule has 5 nitrogen and oxygen atoms in total. The lowest BCUT2D eigenvalue weighted by Crippen LogP contribution is -2.14. The molecule has 0 fully saturated rings. The number of nitriles is 1. The van der Waals surface area contributed by atoms with Gasteiger partial charge in [0, 0.05) is 16.3 Å². The van der Waals surface area contributed by atoms with Gasteiger partial charge in [-0.3, -0.25) is 4.79 Å². The molecule has 1 aromatic heterocycles. The van der Waals surface area contributed by atoms with Crippen molar-refractivity contribution in [3.05, 3.63) is 40.2 Å². The van der Waals surface area contributed by atoms with Gasteiger partial charge in [0.2, 0.25) is 5.91 Å². The Hall–Kier alpha value is -2.53. The topological polar surface area (TPSA) is 70.7 Å². The third-order valence-corrected chi connectivity index (χ3v) is 4.38. The fraction of sp³-hybridized carbons (Fsp3) is 0.353. The van der Waals surface area contributed by atoms with Crippen LogP contribution in [0.3, 0.4) is 0 Å². The first-order valence-corrected chi connectivity index (χ1v) is 8.33. The fourth-order valence-corrected chi connectivity index (χ4v) is 3.26. The van der Waals surface area contributed by atoms with Crippen LogP contribution < -0.4 is 5.32 Å². The SMILES string of the molecule is N#CCC(=O)Nc1cc(Cl)ccc1-n1nc(C(F)(F)F)c2c1CCCC2. The van der Waals surface area contributed by atoms with Crippen LogP contribution in [0.2, 0.25) is 5.02 Å². The summed E-state index contributed by atoms with van der Waals surface area (Å²) >= 11 is 5.96. The Balaban J connectivity index is 2.14. The van der Waals surface area contributed by atoms with E-state index in [1.54, 1.807) is 6.07 Å². The Bertz CT molecular complexity index is 899. The van der Waals surface area contributed by atoms with Gasteiger partial charge in [-0.2, -0.15) is 23.5 Å².